The number of thiazole rings is 1. The van der Waals surface area contributed by atoms with Gasteiger partial charge in [0, 0.05) is 23.5 Å². The second-order valence-electron chi connectivity index (χ2n) is 4.84. The first-order valence-corrected chi connectivity index (χ1v) is 7.60. The molecule has 0 aliphatic carbocycles. The number of nitrogen functional groups attached to an aromatic ring is 1. The van der Waals surface area contributed by atoms with E-state index in [2.05, 4.69) is 25.6 Å². The van der Waals surface area contributed by atoms with Crippen molar-refractivity contribution in [1.82, 2.24) is 20.3 Å². The summed E-state index contributed by atoms with van der Waals surface area (Å²) >= 11 is 1.51. The summed E-state index contributed by atoms with van der Waals surface area (Å²) in [5, 5.41) is 6.63. The normalized spacial score (nSPS) is 15.1. The number of anilines is 2. The molecule has 2 aromatic rings. The first-order chi connectivity index (χ1) is 10.2. The van der Waals surface area contributed by atoms with Crippen LogP contribution in [-0.2, 0) is 0 Å². The molecule has 3 rings (SSSR count). The molecule has 0 spiro atoms. The van der Waals surface area contributed by atoms with Gasteiger partial charge in [0.05, 0.1) is 0 Å². The lowest BCUT2D eigenvalue weighted by Gasteiger charge is -2.20. The molecule has 1 fully saturated rings. The molecular weight excluding hydrogens is 324 g/mol. The number of piperidine rings is 1. The van der Waals surface area contributed by atoms with E-state index in [1.807, 2.05) is 6.20 Å². The molecule has 22 heavy (non-hydrogen) atoms. The summed E-state index contributed by atoms with van der Waals surface area (Å²) in [5.74, 6) is 0.257. The lowest BCUT2D eigenvalue weighted by molar-refractivity contribution is 0.102. The third-order valence-corrected chi connectivity index (χ3v) is 4.50. The molecule has 118 valence electrons. The van der Waals surface area contributed by atoms with Crippen molar-refractivity contribution >= 4 is 40.6 Å². The average molecular weight is 341 g/mol. The predicted molar refractivity (Wildman–Crippen MR) is 88.6 cm³/mol. The molecular formula is C13H17ClN6OS. The van der Waals surface area contributed by atoms with E-state index < -0.39 is 0 Å². The lowest BCUT2D eigenvalue weighted by atomic mass is 9.97. The fraction of sp³-hybridized carbons (Fsp3) is 0.385. The molecule has 1 saturated heterocycles. The molecule has 0 radical (unpaired) electrons. The summed E-state index contributed by atoms with van der Waals surface area (Å²) in [4.78, 5) is 25.3. The van der Waals surface area contributed by atoms with Gasteiger partial charge in [-0.3, -0.25) is 10.1 Å². The highest BCUT2D eigenvalue weighted by Crippen LogP contribution is 2.31. The number of nitrogens with one attached hydrogen (secondary N) is 2. The maximum absolute atomic E-state index is 12.1. The summed E-state index contributed by atoms with van der Waals surface area (Å²) < 4.78 is 0. The third kappa shape index (κ3) is 3.70. The monoisotopic (exact) mass is 340 g/mol. The van der Waals surface area contributed by atoms with Crippen LogP contribution in [0, 0.1) is 0 Å². The van der Waals surface area contributed by atoms with Crippen LogP contribution in [0.4, 0.5) is 10.9 Å². The highest BCUT2D eigenvalue weighted by Gasteiger charge is 2.19. The van der Waals surface area contributed by atoms with E-state index in [9.17, 15) is 4.79 Å². The number of carbonyl (C=O) groups is 1. The van der Waals surface area contributed by atoms with Crippen LogP contribution < -0.4 is 16.4 Å². The minimum Gasteiger partial charge on any atom is -0.382 e. The predicted octanol–water partition coefficient (Wildman–Crippen LogP) is 1.66. The molecule has 1 aliphatic heterocycles. The Morgan fingerprint density at radius 3 is 2.73 bits per heavy atom. The zero-order valence-corrected chi connectivity index (χ0v) is 13.4. The highest BCUT2D eigenvalue weighted by atomic mass is 35.5. The van der Waals surface area contributed by atoms with Crippen molar-refractivity contribution in [2.75, 3.05) is 24.1 Å². The van der Waals surface area contributed by atoms with E-state index in [1.54, 1.807) is 0 Å². The minimum atomic E-state index is -0.383. The quantitative estimate of drug-likeness (QED) is 0.784. The topological polar surface area (TPSA) is 106 Å². The standard InChI is InChI=1S/C13H16N6OS.ClH/c14-11-10(16-5-6-17-11)12(20)19-13-18-7-9(21-13)8-1-3-15-4-2-8;/h5-8,15H,1-4H2,(H2,14,17)(H,18,19,20);1H. The summed E-state index contributed by atoms with van der Waals surface area (Å²) in [5.41, 5.74) is 5.76. The van der Waals surface area contributed by atoms with E-state index in [0.29, 0.717) is 11.0 Å². The second kappa shape index (κ2) is 7.48. The Morgan fingerprint density at radius 1 is 1.27 bits per heavy atom. The molecule has 3 heterocycles. The molecule has 7 nitrogen and oxygen atoms in total. The number of nitrogens with two attached hydrogens (primary N) is 1. The van der Waals surface area contributed by atoms with Crippen LogP contribution in [0.1, 0.15) is 34.1 Å². The molecule has 0 saturated carbocycles. The number of aromatic nitrogens is 3. The van der Waals surface area contributed by atoms with Crippen molar-refractivity contribution in [3.63, 3.8) is 0 Å². The molecule has 1 amide bonds. The summed E-state index contributed by atoms with van der Waals surface area (Å²) in [6.45, 7) is 2.06. The van der Waals surface area contributed by atoms with Crippen molar-refractivity contribution in [3.8, 4) is 0 Å². The van der Waals surface area contributed by atoms with Crippen LogP contribution in [0.2, 0.25) is 0 Å². The van der Waals surface area contributed by atoms with Crippen LogP contribution in [0.15, 0.2) is 18.6 Å². The van der Waals surface area contributed by atoms with Gasteiger partial charge in [-0.15, -0.1) is 23.7 Å². The molecule has 1 aliphatic rings. The molecule has 0 atom stereocenters. The van der Waals surface area contributed by atoms with Crippen molar-refractivity contribution in [1.29, 1.82) is 0 Å². The molecule has 0 unspecified atom stereocenters. The van der Waals surface area contributed by atoms with Gasteiger partial charge in [-0.25, -0.2) is 15.0 Å². The van der Waals surface area contributed by atoms with Gasteiger partial charge >= 0.3 is 0 Å². The Bertz CT molecular complexity index is 643. The van der Waals surface area contributed by atoms with Gasteiger partial charge in [0.25, 0.3) is 5.91 Å². The number of nitrogens with zero attached hydrogens (tertiary/aromatic N) is 3. The fourth-order valence-electron chi connectivity index (χ4n) is 2.32. The zero-order chi connectivity index (χ0) is 14.7. The number of carbonyl (C=O) groups excluding carboxylic acids is 1. The Labute approximate surface area is 138 Å². The number of amides is 1. The van der Waals surface area contributed by atoms with Crippen molar-refractivity contribution in [3.05, 3.63) is 29.2 Å². The molecule has 9 heteroatoms. The molecule has 0 bridgehead atoms. The maximum atomic E-state index is 12.1. The number of hydrogen-bond donors (Lipinski definition) is 3. The first-order valence-electron chi connectivity index (χ1n) is 6.78. The van der Waals surface area contributed by atoms with Gasteiger partial charge in [-0.1, -0.05) is 0 Å². The smallest absolute Gasteiger partial charge is 0.279 e. The number of halogens is 1. The van der Waals surface area contributed by atoms with Crippen LogP contribution >= 0.6 is 23.7 Å². The van der Waals surface area contributed by atoms with Gasteiger partial charge in [-0.05, 0) is 31.8 Å². The average Bonchev–Trinajstić information content (AvgIpc) is 2.97. The summed E-state index contributed by atoms with van der Waals surface area (Å²) in [6.07, 6.45) is 6.94. The van der Waals surface area contributed by atoms with Gasteiger partial charge < -0.3 is 11.1 Å². The van der Waals surface area contributed by atoms with Gasteiger partial charge in [0.1, 0.15) is 0 Å². The van der Waals surface area contributed by atoms with Gasteiger partial charge in [0.2, 0.25) is 0 Å². The Morgan fingerprint density at radius 2 is 2.00 bits per heavy atom. The minimum absolute atomic E-state index is 0. The van der Waals surface area contributed by atoms with E-state index in [0.717, 1.165) is 25.9 Å². The van der Waals surface area contributed by atoms with Crippen molar-refractivity contribution in [2.45, 2.75) is 18.8 Å². The van der Waals surface area contributed by atoms with Crippen LogP contribution in [-0.4, -0.2) is 33.9 Å². The Kier molecular flexibility index (Phi) is 5.64. The molecule has 2 aromatic heterocycles. The van der Waals surface area contributed by atoms with Gasteiger partial charge in [0.15, 0.2) is 16.6 Å². The Balaban J connectivity index is 0.00000176. The van der Waals surface area contributed by atoms with Crippen LogP contribution in [0.3, 0.4) is 0 Å². The largest absolute Gasteiger partial charge is 0.382 e. The highest BCUT2D eigenvalue weighted by molar-refractivity contribution is 7.15. The van der Waals surface area contributed by atoms with Crippen LogP contribution in [0.25, 0.3) is 0 Å². The third-order valence-electron chi connectivity index (χ3n) is 3.43. The molecule has 4 N–H and O–H groups in total. The second-order valence-corrected chi connectivity index (χ2v) is 5.90. The van der Waals surface area contributed by atoms with E-state index >= 15 is 0 Å². The first kappa shape index (κ1) is 16.6. The van der Waals surface area contributed by atoms with E-state index in [4.69, 9.17) is 5.73 Å². The number of rotatable bonds is 3. The van der Waals surface area contributed by atoms with Crippen molar-refractivity contribution < 1.29 is 4.79 Å². The van der Waals surface area contributed by atoms with E-state index in [-0.39, 0.29) is 29.8 Å². The fourth-order valence-corrected chi connectivity index (χ4v) is 3.30. The summed E-state index contributed by atoms with van der Waals surface area (Å²) in [6, 6.07) is 0. The SMILES string of the molecule is Cl.Nc1nccnc1C(=O)Nc1ncc(C2CCNCC2)s1. The van der Waals surface area contributed by atoms with Crippen molar-refractivity contribution in [2.24, 2.45) is 0 Å². The lowest BCUT2D eigenvalue weighted by Crippen LogP contribution is -2.26. The Hall–Kier alpha value is -1.77. The number of hydrogen-bond acceptors (Lipinski definition) is 7. The molecule has 0 aromatic carbocycles. The zero-order valence-electron chi connectivity index (χ0n) is 11.8. The van der Waals surface area contributed by atoms with Crippen LogP contribution in [0.5, 0.6) is 0 Å². The summed E-state index contributed by atoms with van der Waals surface area (Å²) in [7, 11) is 0. The maximum Gasteiger partial charge on any atom is 0.279 e. The van der Waals surface area contributed by atoms with Gasteiger partial charge in [-0.2, -0.15) is 0 Å². The van der Waals surface area contributed by atoms with E-state index in [1.165, 1.54) is 28.6 Å².